The molecule has 0 atom stereocenters. The summed E-state index contributed by atoms with van der Waals surface area (Å²) in [4.78, 5) is 17.8. The van der Waals surface area contributed by atoms with E-state index in [-0.39, 0.29) is 5.91 Å². The number of benzene rings is 2. The first kappa shape index (κ1) is 17.0. The van der Waals surface area contributed by atoms with E-state index in [1.165, 1.54) is 5.56 Å². The van der Waals surface area contributed by atoms with Crippen LogP contribution in [0.15, 0.2) is 71.3 Å². The lowest BCUT2D eigenvalue weighted by molar-refractivity contribution is 0.0949. The highest BCUT2D eigenvalue weighted by molar-refractivity contribution is 6.07. The van der Waals surface area contributed by atoms with Crippen LogP contribution < -0.4 is 5.32 Å². The molecule has 0 aliphatic carbocycles. The highest BCUT2D eigenvalue weighted by atomic mass is 16.3. The summed E-state index contributed by atoms with van der Waals surface area (Å²) < 4.78 is 5.30. The van der Waals surface area contributed by atoms with Gasteiger partial charge < -0.3 is 9.73 Å². The van der Waals surface area contributed by atoms with Crippen LogP contribution in [0.25, 0.3) is 22.2 Å². The molecule has 0 radical (unpaired) electrons. The van der Waals surface area contributed by atoms with E-state index in [1.807, 2.05) is 55.5 Å². The van der Waals surface area contributed by atoms with Gasteiger partial charge in [0.1, 0.15) is 5.76 Å². The lowest BCUT2D eigenvalue weighted by atomic mass is 10.0. The monoisotopic (exact) mass is 356 g/mol. The van der Waals surface area contributed by atoms with Crippen LogP contribution in [0.2, 0.25) is 0 Å². The Morgan fingerprint density at radius 3 is 2.59 bits per heavy atom. The second-order valence-corrected chi connectivity index (χ2v) is 6.65. The van der Waals surface area contributed by atoms with Crippen LogP contribution in [-0.4, -0.2) is 10.9 Å². The molecule has 0 fully saturated rings. The smallest absolute Gasteiger partial charge is 0.252 e. The van der Waals surface area contributed by atoms with Crippen LogP contribution in [-0.2, 0) is 6.54 Å². The summed E-state index contributed by atoms with van der Waals surface area (Å²) in [6, 6.07) is 19.6. The Hall–Kier alpha value is -3.40. The van der Waals surface area contributed by atoms with Crippen molar-refractivity contribution in [3.05, 3.63) is 89.4 Å². The molecule has 4 aromatic rings. The van der Waals surface area contributed by atoms with Crippen molar-refractivity contribution in [1.29, 1.82) is 0 Å². The number of hydrogen-bond donors (Lipinski definition) is 1. The molecule has 0 bridgehead atoms. The number of nitrogens with one attached hydrogen (secondary N) is 1. The van der Waals surface area contributed by atoms with E-state index in [0.29, 0.717) is 12.1 Å². The number of nitrogens with zero attached hydrogens (tertiary/aromatic N) is 1. The molecule has 0 saturated heterocycles. The van der Waals surface area contributed by atoms with Crippen LogP contribution >= 0.6 is 0 Å². The zero-order valence-electron chi connectivity index (χ0n) is 15.3. The molecule has 4 rings (SSSR count). The van der Waals surface area contributed by atoms with Crippen LogP contribution in [0.5, 0.6) is 0 Å². The van der Waals surface area contributed by atoms with Crippen molar-refractivity contribution in [2.45, 2.75) is 20.4 Å². The Kier molecular flexibility index (Phi) is 4.47. The van der Waals surface area contributed by atoms with Gasteiger partial charge in [-0.05, 0) is 37.6 Å². The number of rotatable bonds is 4. The fourth-order valence-electron chi connectivity index (χ4n) is 3.13. The zero-order chi connectivity index (χ0) is 18.8. The lowest BCUT2D eigenvalue weighted by Crippen LogP contribution is -2.23. The summed E-state index contributed by atoms with van der Waals surface area (Å²) in [5, 5.41) is 3.79. The summed E-state index contributed by atoms with van der Waals surface area (Å²) in [6.07, 6.45) is 1.60. The number of para-hydroxylation sites is 1. The van der Waals surface area contributed by atoms with Crippen molar-refractivity contribution in [3.63, 3.8) is 0 Å². The van der Waals surface area contributed by atoms with E-state index >= 15 is 0 Å². The normalized spacial score (nSPS) is 10.9. The van der Waals surface area contributed by atoms with Crippen LogP contribution in [0, 0.1) is 13.8 Å². The Morgan fingerprint density at radius 2 is 1.85 bits per heavy atom. The van der Waals surface area contributed by atoms with Gasteiger partial charge in [0, 0.05) is 10.9 Å². The van der Waals surface area contributed by atoms with E-state index < -0.39 is 0 Å². The SMILES string of the molecule is Cc1ccc(-c2cc(C(=O)NCc3ccco3)c3cccc(C)c3n2)cc1. The predicted octanol–water partition coefficient (Wildman–Crippen LogP) is 5.04. The topological polar surface area (TPSA) is 55.1 Å². The molecule has 2 aromatic carbocycles. The van der Waals surface area contributed by atoms with Crippen molar-refractivity contribution in [1.82, 2.24) is 10.3 Å². The third kappa shape index (κ3) is 3.47. The first-order chi connectivity index (χ1) is 13.1. The Morgan fingerprint density at radius 1 is 1.04 bits per heavy atom. The number of aryl methyl sites for hydroxylation is 2. The second-order valence-electron chi connectivity index (χ2n) is 6.65. The Labute approximate surface area is 157 Å². The Balaban J connectivity index is 1.78. The van der Waals surface area contributed by atoms with Crippen molar-refractivity contribution < 1.29 is 9.21 Å². The molecule has 2 aromatic heterocycles. The standard InChI is InChI=1S/C23H20N2O2/c1-15-8-10-17(11-9-15)21-13-20(19-7-3-5-16(2)22(19)25-21)23(26)24-14-18-6-4-12-27-18/h3-13H,14H2,1-2H3,(H,24,26). The summed E-state index contributed by atoms with van der Waals surface area (Å²) >= 11 is 0. The number of aromatic nitrogens is 1. The number of pyridine rings is 1. The van der Waals surface area contributed by atoms with Gasteiger partial charge in [-0.1, -0.05) is 48.0 Å². The molecular formula is C23H20N2O2. The van der Waals surface area contributed by atoms with Gasteiger partial charge in [-0.25, -0.2) is 4.98 Å². The molecule has 134 valence electrons. The molecule has 1 N–H and O–H groups in total. The number of fused-ring (bicyclic) bond motifs is 1. The van der Waals surface area contributed by atoms with Gasteiger partial charge in [-0.2, -0.15) is 0 Å². The van der Waals surface area contributed by atoms with E-state index in [1.54, 1.807) is 6.26 Å². The van der Waals surface area contributed by atoms with Crippen molar-refractivity contribution in [2.24, 2.45) is 0 Å². The Bertz CT molecular complexity index is 1100. The molecule has 4 heteroatoms. The van der Waals surface area contributed by atoms with Crippen LogP contribution in [0.3, 0.4) is 0 Å². The summed E-state index contributed by atoms with van der Waals surface area (Å²) in [6.45, 7) is 4.41. The number of amides is 1. The van der Waals surface area contributed by atoms with Gasteiger partial charge in [0.25, 0.3) is 5.91 Å². The second kappa shape index (κ2) is 7.08. The van der Waals surface area contributed by atoms with Gasteiger partial charge in [0.2, 0.25) is 0 Å². The molecule has 4 nitrogen and oxygen atoms in total. The fourth-order valence-corrected chi connectivity index (χ4v) is 3.13. The number of furan rings is 1. The molecule has 1 amide bonds. The molecule has 0 unspecified atom stereocenters. The zero-order valence-corrected chi connectivity index (χ0v) is 15.3. The van der Waals surface area contributed by atoms with Gasteiger partial charge in [0.05, 0.1) is 29.6 Å². The van der Waals surface area contributed by atoms with E-state index in [2.05, 4.69) is 24.4 Å². The maximum absolute atomic E-state index is 12.9. The maximum Gasteiger partial charge on any atom is 0.252 e. The van der Waals surface area contributed by atoms with E-state index in [0.717, 1.165) is 33.5 Å². The summed E-state index contributed by atoms with van der Waals surface area (Å²) in [7, 11) is 0. The first-order valence-electron chi connectivity index (χ1n) is 8.90. The highest BCUT2D eigenvalue weighted by Gasteiger charge is 2.15. The quantitative estimate of drug-likeness (QED) is 0.557. The number of carbonyl (C=O) groups is 1. The average Bonchev–Trinajstić information content (AvgIpc) is 3.20. The van der Waals surface area contributed by atoms with E-state index in [9.17, 15) is 4.79 Å². The summed E-state index contributed by atoms with van der Waals surface area (Å²) in [5.41, 5.74) is 5.48. The molecule has 0 aliphatic heterocycles. The average molecular weight is 356 g/mol. The summed E-state index contributed by atoms with van der Waals surface area (Å²) in [5.74, 6) is 0.578. The highest BCUT2D eigenvalue weighted by Crippen LogP contribution is 2.27. The third-order valence-electron chi connectivity index (χ3n) is 4.64. The lowest BCUT2D eigenvalue weighted by Gasteiger charge is -2.12. The molecule has 0 aliphatic rings. The van der Waals surface area contributed by atoms with Gasteiger partial charge in [0.15, 0.2) is 0 Å². The number of hydrogen-bond acceptors (Lipinski definition) is 3. The van der Waals surface area contributed by atoms with Crippen molar-refractivity contribution in [2.75, 3.05) is 0 Å². The molecular weight excluding hydrogens is 336 g/mol. The fraction of sp³-hybridized carbons (Fsp3) is 0.130. The van der Waals surface area contributed by atoms with Gasteiger partial charge in [-0.15, -0.1) is 0 Å². The van der Waals surface area contributed by atoms with Gasteiger partial charge >= 0.3 is 0 Å². The van der Waals surface area contributed by atoms with Crippen LogP contribution in [0.4, 0.5) is 0 Å². The van der Waals surface area contributed by atoms with E-state index in [4.69, 9.17) is 9.40 Å². The minimum absolute atomic E-state index is 0.141. The van der Waals surface area contributed by atoms with Gasteiger partial charge in [-0.3, -0.25) is 4.79 Å². The largest absolute Gasteiger partial charge is 0.467 e. The molecule has 2 heterocycles. The minimum Gasteiger partial charge on any atom is -0.467 e. The minimum atomic E-state index is -0.141. The van der Waals surface area contributed by atoms with Crippen LogP contribution in [0.1, 0.15) is 27.2 Å². The first-order valence-corrected chi connectivity index (χ1v) is 8.90. The maximum atomic E-state index is 12.9. The third-order valence-corrected chi connectivity index (χ3v) is 4.64. The molecule has 0 saturated carbocycles. The van der Waals surface area contributed by atoms with Crippen molar-refractivity contribution >= 4 is 16.8 Å². The number of carbonyl (C=O) groups excluding carboxylic acids is 1. The molecule has 0 spiro atoms. The predicted molar refractivity (Wildman–Crippen MR) is 107 cm³/mol. The van der Waals surface area contributed by atoms with Crippen molar-refractivity contribution in [3.8, 4) is 11.3 Å². The molecule has 27 heavy (non-hydrogen) atoms.